The molecule has 3 nitrogen and oxygen atoms in total. The van der Waals surface area contributed by atoms with Crippen molar-refractivity contribution in [2.24, 2.45) is 5.41 Å². The maximum absolute atomic E-state index is 6.09. The van der Waals surface area contributed by atoms with Gasteiger partial charge in [0.25, 0.3) is 0 Å². The molecule has 2 unspecified atom stereocenters. The van der Waals surface area contributed by atoms with Gasteiger partial charge in [-0.3, -0.25) is 5.32 Å². The molecule has 2 aliphatic heterocycles. The number of hydrogen-bond donors (Lipinski definition) is 1. The average molecular weight is 196 g/mol. The molecule has 0 aromatic rings. The zero-order valence-electron chi connectivity index (χ0n) is 9.18. The van der Waals surface area contributed by atoms with E-state index in [1.54, 1.807) is 0 Å². The Hall–Kier alpha value is -0.120. The highest BCUT2D eigenvalue weighted by atomic mass is 16.5. The van der Waals surface area contributed by atoms with Crippen molar-refractivity contribution in [1.82, 2.24) is 10.2 Å². The second-order valence-corrected chi connectivity index (χ2v) is 5.50. The van der Waals surface area contributed by atoms with Crippen molar-refractivity contribution < 1.29 is 4.74 Å². The number of likely N-dealkylation sites (tertiary alicyclic amines) is 1. The number of ether oxygens (including phenoxy) is 1. The van der Waals surface area contributed by atoms with Crippen molar-refractivity contribution in [3.63, 3.8) is 0 Å². The third kappa shape index (κ3) is 1.23. The molecule has 2 heterocycles. The largest absolute Gasteiger partial charge is 0.359 e. The molecule has 0 aromatic carbocycles. The SMILES string of the molecule is CC1NC2(CCN(C)C2)OCC12CC2. The van der Waals surface area contributed by atoms with Crippen molar-refractivity contribution in [2.45, 2.75) is 38.0 Å². The lowest BCUT2D eigenvalue weighted by Crippen LogP contribution is -2.61. The molecule has 2 spiro atoms. The molecule has 2 saturated heterocycles. The van der Waals surface area contributed by atoms with Gasteiger partial charge in [0.2, 0.25) is 0 Å². The van der Waals surface area contributed by atoms with E-state index >= 15 is 0 Å². The van der Waals surface area contributed by atoms with E-state index in [1.807, 2.05) is 0 Å². The summed E-state index contributed by atoms with van der Waals surface area (Å²) >= 11 is 0. The molecule has 14 heavy (non-hydrogen) atoms. The minimum absolute atomic E-state index is 0.0119. The predicted octanol–water partition coefficient (Wildman–Crippen LogP) is 0.807. The van der Waals surface area contributed by atoms with Crippen LogP contribution in [0.5, 0.6) is 0 Å². The summed E-state index contributed by atoms with van der Waals surface area (Å²) in [4.78, 5) is 2.35. The Labute approximate surface area is 85.8 Å². The molecule has 1 aliphatic carbocycles. The van der Waals surface area contributed by atoms with Crippen LogP contribution in [0.4, 0.5) is 0 Å². The van der Waals surface area contributed by atoms with Crippen LogP contribution >= 0.6 is 0 Å². The number of likely N-dealkylation sites (N-methyl/N-ethyl adjacent to an activating group) is 1. The van der Waals surface area contributed by atoms with Crippen molar-refractivity contribution in [1.29, 1.82) is 0 Å². The first-order valence-corrected chi connectivity index (χ1v) is 5.74. The highest BCUT2D eigenvalue weighted by molar-refractivity contribution is 5.07. The number of rotatable bonds is 0. The van der Waals surface area contributed by atoms with Gasteiger partial charge >= 0.3 is 0 Å². The highest BCUT2D eigenvalue weighted by Gasteiger charge is 2.55. The maximum atomic E-state index is 6.09. The van der Waals surface area contributed by atoms with Crippen LogP contribution in [0, 0.1) is 5.41 Å². The summed E-state index contributed by atoms with van der Waals surface area (Å²) in [5.74, 6) is 0. The minimum atomic E-state index is -0.0119. The lowest BCUT2D eigenvalue weighted by molar-refractivity contribution is -0.130. The van der Waals surface area contributed by atoms with Gasteiger partial charge in [-0.15, -0.1) is 0 Å². The first kappa shape index (κ1) is 9.13. The van der Waals surface area contributed by atoms with Gasteiger partial charge in [-0.2, -0.15) is 0 Å². The van der Waals surface area contributed by atoms with Gasteiger partial charge in [-0.1, -0.05) is 0 Å². The molecule has 0 aromatic heterocycles. The van der Waals surface area contributed by atoms with Gasteiger partial charge in [0.1, 0.15) is 5.72 Å². The van der Waals surface area contributed by atoms with Gasteiger partial charge in [0.15, 0.2) is 0 Å². The topological polar surface area (TPSA) is 24.5 Å². The van der Waals surface area contributed by atoms with Crippen molar-refractivity contribution in [2.75, 3.05) is 26.7 Å². The predicted molar refractivity (Wildman–Crippen MR) is 55.1 cm³/mol. The fourth-order valence-electron chi connectivity index (χ4n) is 2.94. The molecule has 80 valence electrons. The van der Waals surface area contributed by atoms with Crippen LogP contribution in [0.25, 0.3) is 0 Å². The second-order valence-electron chi connectivity index (χ2n) is 5.50. The van der Waals surface area contributed by atoms with Gasteiger partial charge in [0.05, 0.1) is 6.61 Å². The quantitative estimate of drug-likeness (QED) is 0.620. The van der Waals surface area contributed by atoms with Crippen LogP contribution in [-0.4, -0.2) is 43.4 Å². The van der Waals surface area contributed by atoms with Crippen molar-refractivity contribution >= 4 is 0 Å². The summed E-state index contributed by atoms with van der Waals surface area (Å²) in [6.07, 6.45) is 3.85. The van der Waals surface area contributed by atoms with E-state index in [2.05, 4.69) is 24.2 Å². The van der Waals surface area contributed by atoms with Gasteiger partial charge in [0, 0.05) is 31.0 Å². The molecule has 1 saturated carbocycles. The van der Waals surface area contributed by atoms with E-state index in [9.17, 15) is 0 Å². The molecule has 3 fully saturated rings. The first-order valence-electron chi connectivity index (χ1n) is 5.74. The van der Waals surface area contributed by atoms with Crippen LogP contribution in [0.3, 0.4) is 0 Å². The second kappa shape index (κ2) is 2.71. The zero-order chi connectivity index (χ0) is 9.81. The molecule has 0 radical (unpaired) electrons. The molecule has 3 heteroatoms. The number of nitrogens with zero attached hydrogens (tertiary/aromatic N) is 1. The third-order valence-electron chi connectivity index (χ3n) is 4.35. The van der Waals surface area contributed by atoms with Crippen LogP contribution in [0.1, 0.15) is 26.2 Å². The van der Waals surface area contributed by atoms with E-state index in [4.69, 9.17) is 4.74 Å². The Morgan fingerprint density at radius 2 is 2.14 bits per heavy atom. The summed E-state index contributed by atoms with van der Waals surface area (Å²) in [6, 6.07) is 0.641. The van der Waals surface area contributed by atoms with E-state index in [0.717, 1.165) is 26.1 Å². The fourth-order valence-corrected chi connectivity index (χ4v) is 2.94. The minimum Gasteiger partial charge on any atom is -0.359 e. The number of hydrogen-bond acceptors (Lipinski definition) is 3. The van der Waals surface area contributed by atoms with E-state index in [0.29, 0.717) is 11.5 Å². The smallest absolute Gasteiger partial charge is 0.133 e. The Balaban J connectivity index is 1.73. The molecule has 2 atom stereocenters. The van der Waals surface area contributed by atoms with Crippen molar-refractivity contribution in [3.05, 3.63) is 0 Å². The third-order valence-corrected chi connectivity index (χ3v) is 4.35. The maximum Gasteiger partial charge on any atom is 0.133 e. The van der Waals surface area contributed by atoms with Crippen LogP contribution in [-0.2, 0) is 4.74 Å². The van der Waals surface area contributed by atoms with Crippen LogP contribution in [0.15, 0.2) is 0 Å². The Morgan fingerprint density at radius 1 is 1.36 bits per heavy atom. The average Bonchev–Trinajstić information content (AvgIpc) is 2.84. The normalized spacial score (nSPS) is 46.3. The first-order chi connectivity index (χ1) is 6.64. The standard InChI is InChI=1S/C11H20N2O/c1-9-10(3-4-10)8-14-11(12-9)5-6-13(2)7-11/h9,12H,3-8H2,1-2H3. The molecular weight excluding hydrogens is 176 g/mol. The van der Waals surface area contributed by atoms with Crippen LogP contribution < -0.4 is 5.32 Å². The summed E-state index contributed by atoms with van der Waals surface area (Å²) < 4.78 is 6.09. The van der Waals surface area contributed by atoms with Gasteiger partial charge in [-0.25, -0.2) is 0 Å². The fraction of sp³-hybridized carbons (Fsp3) is 1.00. The van der Waals surface area contributed by atoms with Crippen LogP contribution in [0.2, 0.25) is 0 Å². The summed E-state index contributed by atoms with van der Waals surface area (Å²) in [7, 11) is 2.17. The zero-order valence-corrected chi connectivity index (χ0v) is 9.18. The molecular formula is C11H20N2O. The summed E-state index contributed by atoms with van der Waals surface area (Å²) in [5.41, 5.74) is 0.494. The number of nitrogens with one attached hydrogen (secondary N) is 1. The Kier molecular flexibility index (Phi) is 1.77. The lowest BCUT2D eigenvalue weighted by Gasteiger charge is -2.43. The van der Waals surface area contributed by atoms with E-state index in [-0.39, 0.29) is 5.72 Å². The highest BCUT2D eigenvalue weighted by Crippen LogP contribution is 2.52. The Morgan fingerprint density at radius 3 is 2.64 bits per heavy atom. The monoisotopic (exact) mass is 196 g/mol. The van der Waals surface area contributed by atoms with E-state index in [1.165, 1.54) is 12.8 Å². The van der Waals surface area contributed by atoms with Crippen molar-refractivity contribution in [3.8, 4) is 0 Å². The summed E-state index contributed by atoms with van der Waals surface area (Å²) in [5, 5.41) is 3.71. The summed E-state index contributed by atoms with van der Waals surface area (Å²) in [6.45, 7) is 5.52. The Bertz CT molecular complexity index is 252. The van der Waals surface area contributed by atoms with Gasteiger partial charge < -0.3 is 9.64 Å². The molecule has 3 rings (SSSR count). The molecule has 1 N–H and O–H groups in total. The van der Waals surface area contributed by atoms with E-state index < -0.39 is 0 Å². The van der Waals surface area contributed by atoms with Gasteiger partial charge in [-0.05, 0) is 26.8 Å². The molecule has 3 aliphatic rings. The molecule has 0 bridgehead atoms. The molecule has 0 amide bonds. The lowest BCUT2D eigenvalue weighted by atomic mass is 9.94.